The lowest BCUT2D eigenvalue weighted by Gasteiger charge is -2.28. The molecule has 3 aromatic rings. The molecule has 4 N–H and O–H groups in total. The number of thiocarbonyl (C=S) groups is 1. The number of rotatable bonds is 5. The Labute approximate surface area is 168 Å². The third kappa shape index (κ3) is 3.17. The van der Waals surface area contributed by atoms with Crippen LogP contribution in [-0.4, -0.2) is 26.1 Å². The van der Waals surface area contributed by atoms with Crippen molar-refractivity contribution >= 4 is 34.5 Å². The van der Waals surface area contributed by atoms with Crippen LogP contribution in [0, 0.1) is 5.82 Å². The largest absolute Gasteiger partial charge is 0.389 e. The van der Waals surface area contributed by atoms with Crippen molar-refractivity contribution in [2.75, 3.05) is 17.2 Å². The Morgan fingerprint density at radius 3 is 2.93 bits per heavy atom. The van der Waals surface area contributed by atoms with Crippen LogP contribution in [0.1, 0.15) is 48.9 Å². The van der Waals surface area contributed by atoms with E-state index in [-0.39, 0.29) is 22.7 Å². The van der Waals surface area contributed by atoms with Crippen LogP contribution in [0.5, 0.6) is 0 Å². The van der Waals surface area contributed by atoms with Gasteiger partial charge in [0.1, 0.15) is 16.6 Å². The molecule has 0 bridgehead atoms. The van der Waals surface area contributed by atoms with Crippen molar-refractivity contribution in [2.45, 2.75) is 38.6 Å². The molecule has 0 radical (unpaired) electrons. The number of hydrogen-bond donors (Lipinski definition) is 2. The van der Waals surface area contributed by atoms with Gasteiger partial charge >= 0.3 is 0 Å². The summed E-state index contributed by atoms with van der Waals surface area (Å²) in [5.41, 5.74) is 15.0. The van der Waals surface area contributed by atoms with Gasteiger partial charge < -0.3 is 16.4 Å². The monoisotopic (exact) mass is 398 g/mol. The first kappa shape index (κ1) is 18.6. The van der Waals surface area contributed by atoms with Crippen LogP contribution >= 0.6 is 12.2 Å². The lowest BCUT2D eigenvalue weighted by atomic mass is 9.95. The maximum Gasteiger partial charge on any atom is 0.169 e. The van der Waals surface area contributed by atoms with E-state index in [0.29, 0.717) is 11.2 Å². The summed E-state index contributed by atoms with van der Waals surface area (Å²) < 4.78 is 15.6. The van der Waals surface area contributed by atoms with Crippen LogP contribution in [0.2, 0.25) is 0 Å². The third-order valence-electron chi connectivity index (χ3n) is 5.28. The molecule has 4 rings (SSSR count). The number of aromatic nitrogens is 3. The van der Waals surface area contributed by atoms with Gasteiger partial charge in [-0.05, 0) is 48.6 Å². The molecule has 2 aromatic heterocycles. The summed E-state index contributed by atoms with van der Waals surface area (Å²) in [5.74, 6) is 0.856. The summed E-state index contributed by atoms with van der Waals surface area (Å²) >= 11 is 5.12. The molecule has 0 aliphatic carbocycles. The molecule has 1 saturated heterocycles. The van der Waals surface area contributed by atoms with E-state index in [1.165, 1.54) is 5.56 Å². The molecule has 1 aliphatic heterocycles. The first-order chi connectivity index (χ1) is 13.5. The molecule has 0 spiro atoms. The fraction of sp³-hybridized carbons (Fsp3) is 0.350. The number of halogens is 1. The molecule has 1 atom stereocenters. The summed E-state index contributed by atoms with van der Waals surface area (Å²) in [6.45, 7) is 2.98. The van der Waals surface area contributed by atoms with Crippen LogP contribution in [0.3, 0.4) is 0 Å². The minimum Gasteiger partial charge on any atom is -0.389 e. The summed E-state index contributed by atoms with van der Waals surface area (Å²) in [6, 6.07) is 7.11. The Hall–Kier alpha value is -2.74. The molecule has 6 nitrogen and oxygen atoms in total. The van der Waals surface area contributed by atoms with Crippen molar-refractivity contribution in [3.05, 3.63) is 53.0 Å². The Bertz CT molecular complexity index is 1050. The fourth-order valence-electron chi connectivity index (χ4n) is 4.07. The molecule has 1 aromatic carbocycles. The maximum atomic E-state index is 14.0. The van der Waals surface area contributed by atoms with Gasteiger partial charge in [-0.15, -0.1) is 5.10 Å². The van der Waals surface area contributed by atoms with Gasteiger partial charge in [-0.3, -0.25) is 0 Å². The molecule has 3 heterocycles. The Balaban J connectivity index is 1.78. The van der Waals surface area contributed by atoms with Crippen LogP contribution in [0.4, 0.5) is 16.0 Å². The highest BCUT2D eigenvalue weighted by molar-refractivity contribution is 7.80. The van der Waals surface area contributed by atoms with E-state index in [4.69, 9.17) is 28.7 Å². The van der Waals surface area contributed by atoms with Gasteiger partial charge in [0.05, 0.1) is 11.6 Å². The van der Waals surface area contributed by atoms with Crippen LogP contribution in [-0.2, 0) is 6.42 Å². The van der Waals surface area contributed by atoms with Crippen molar-refractivity contribution in [3.8, 4) is 0 Å². The highest BCUT2D eigenvalue weighted by atomic mass is 32.1. The van der Waals surface area contributed by atoms with Crippen molar-refractivity contribution in [1.29, 1.82) is 0 Å². The Morgan fingerprint density at radius 2 is 2.18 bits per heavy atom. The van der Waals surface area contributed by atoms with Gasteiger partial charge in [-0.2, -0.15) is 0 Å². The Kier molecular flexibility index (Phi) is 4.89. The maximum absolute atomic E-state index is 14.0. The van der Waals surface area contributed by atoms with E-state index in [0.717, 1.165) is 43.6 Å². The van der Waals surface area contributed by atoms with E-state index >= 15 is 0 Å². The summed E-state index contributed by atoms with van der Waals surface area (Å²) in [6.07, 6.45) is 5.72. The minimum atomic E-state index is -0.204. The second-order valence-corrected chi connectivity index (χ2v) is 7.56. The number of nitrogen functional groups attached to an aromatic ring is 1. The van der Waals surface area contributed by atoms with Crippen molar-refractivity contribution in [2.24, 2.45) is 5.73 Å². The summed E-state index contributed by atoms with van der Waals surface area (Å²) in [4.78, 5) is 7.15. The third-order valence-corrected chi connectivity index (χ3v) is 5.48. The lowest BCUT2D eigenvalue weighted by Crippen LogP contribution is -2.25. The second-order valence-electron chi connectivity index (χ2n) is 7.12. The van der Waals surface area contributed by atoms with Gasteiger partial charge in [0.15, 0.2) is 11.5 Å². The average Bonchev–Trinajstić information content (AvgIpc) is 3.26. The highest BCUT2D eigenvalue weighted by Crippen LogP contribution is 2.37. The number of hydrogen-bond acceptors (Lipinski definition) is 5. The van der Waals surface area contributed by atoms with Crippen LogP contribution in [0.25, 0.3) is 5.65 Å². The molecule has 146 valence electrons. The quantitative estimate of drug-likeness (QED) is 0.641. The number of nitrogens with two attached hydrogens (primary N) is 2. The zero-order chi connectivity index (χ0) is 19.8. The average molecular weight is 399 g/mol. The number of fused-ring (bicyclic) bond motifs is 1. The van der Waals surface area contributed by atoms with Gasteiger partial charge in [0.25, 0.3) is 0 Å². The topological polar surface area (TPSA) is 85.5 Å². The number of benzene rings is 1. The van der Waals surface area contributed by atoms with Crippen LogP contribution in [0.15, 0.2) is 30.5 Å². The summed E-state index contributed by atoms with van der Waals surface area (Å²) in [5, 5.41) is 4.23. The SMILES string of the molecule is CCCc1ccc(F)cc1C1CCCN1c1ccn2nc(N)c(C(N)=S)c2n1. The predicted molar refractivity (Wildman–Crippen MR) is 113 cm³/mol. The molecule has 0 saturated carbocycles. The standard InChI is InChI=1S/C20H23FN6S/c1-2-4-12-6-7-13(21)11-14(12)15-5-3-9-26(15)16-8-10-27-20(24-16)17(19(23)28)18(22)25-27/h6-8,10-11,15H,2-5,9H2,1H3,(H2,22,25)(H2,23,28). The van der Waals surface area contributed by atoms with E-state index in [1.807, 2.05) is 18.3 Å². The molecular formula is C20H23FN6S. The smallest absolute Gasteiger partial charge is 0.169 e. The van der Waals surface area contributed by atoms with E-state index < -0.39 is 0 Å². The molecular weight excluding hydrogens is 375 g/mol. The number of anilines is 2. The minimum absolute atomic E-state index is 0.0840. The second kappa shape index (κ2) is 7.35. The molecule has 1 fully saturated rings. The van der Waals surface area contributed by atoms with Gasteiger partial charge in [-0.1, -0.05) is 31.6 Å². The van der Waals surface area contributed by atoms with E-state index in [9.17, 15) is 4.39 Å². The first-order valence-corrected chi connectivity index (χ1v) is 9.90. The zero-order valence-corrected chi connectivity index (χ0v) is 16.5. The number of aryl methyl sites for hydroxylation is 1. The molecule has 0 amide bonds. The van der Waals surface area contributed by atoms with E-state index in [2.05, 4.69) is 16.9 Å². The van der Waals surface area contributed by atoms with Crippen molar-refractivity contribution in [3.63, 3.8) is 0 Å². The highest BCUT2D eigenvalue weighted by Gasteiger charge is 2.29. The normalized spacial score (nSPS) is 16.8. The van der Waals surface area contributed by atoms with Crippen molar-refractivity contribution < 1.29 is 4.39 Å². The molecule has 1 aliphatic rings. The number of nitrogens with zero attached hydrogens (tertiary/aromatic N) is 4. The van der Waals surface area contributed by atoms with Gasteiger partial charge in [0.2, 0.25) is 0 Å². The van der Waals surface area contributed by atoms with E-state index in [1.54, 1.807) is 16.6 Å². The first-order valence-electron chi connectivity index (χ1n) is 9.49. The lowest BCUT2D eigenvalue weighted by molar-refractivity contribution is 0.614. The predicted octanol–water partition coefficient (Wildman–Crippen LogP) is 3.38. The zero-order valence-electron chi connectivity index (χ0n) is 15.7. The van der Waals surface area contributed by atoms with Crippen molar-refractivity contribution in [1.82, 2.24) is 14.6 Å². The summed E-state index contributed by atoms with van der Waals surface area (Å²) in [7, 11) is 0. The Morgan fingerprint density at radius 1 is 1.36 bits per heavy atom. The fourth-order valence-corrected chi connectivity index (χ4v) is 4.27. The molecule has 8 heteroatoms. The van der Waals surface area contributed by atoms with Gasteiger partial charge in [0, 0.05) is 12.7 Å². The van der Waals surface area contributed by atoms with Crippen LogP contribution < -0.4 is 16.4 Å². The van der Waals surface area contributed by atoms with Gasteiger partial charge in [-0.25, -0.2) is 13.9 Å². The molecule has 28 heavy (non-hydrogen) atoms. The molecule has 1 unspecified atom stereocenters.